The molecular weight excluding hydrogens is 284 g/mol. The first kappa shape index (κ1) is 14.9. The first-order chi connectivity index (χ1) is 10.8. The molecule has 2 nitrogen and oxygen atoms in total. The van der Waals surface area contributed by atoms with Crippen molar-refractivity contribution >= 4 is 5.78 Å². The van der Waals surface area contributed by atoms with Crippen molar-refractivity contribution in [3.63, 3.8) is 0 Å². The Morgan fingerprint density at radius 1 is 0.870 bits per heavy atom. The van der Waals surface area contributed by atoms with E-state index in [1.54, 1.807) is 0 Å². The molecule has 128 valence electrons. The molecule has 5 aliphatic carbocycles. The van der Waals surface area contributed by atoms with Gasteiger partial charge in [-0.1, -0.05) is 13.8 Å². The molecule has 5 aliphatic rings. The maximum absolute atomic E-state index is 13.0. The van der Waals surface area contributed by atoms with Crippen molar-refractivity contribution in [3.05, 3.63) is 0 Å². The Labute approximate surface area is 140 Å². The number of hydrogen-bond donors (Lipinski definition) is 1. The average Bonchev–Trinajstić information content (AvgIpc) is 3.12. The number of aliphatic hydroxyl groups is 1. The Morgan fingerprint density at radius 2 is 1.61 bits per heavy atom. The third-order valence-electron chi connectivity index (χ3n) is 9.26. The molecule has 0 aromatic heterocycles. The van der Waals surface area contributed by atoms with Crippen molar-refractivity contribution in [1.82, 2.24) is 0 Å². The van der Waals surface area contributed by atoms with Crippen LogP contribution in [0, 0.1) is 46.3 Å². The smallest absolute Gasteiger partial charge is 0.145 e. The predicted octanol–water partition coefficient (Wildman–Crippen LogP) is 4.21. The van der Waals surface area contributed by atoms with Gasteiger partial charge in [0.1, 0.15) is 5.78 Å². The van der Waals surface area contributed by atoms with Crippen molar-refractivity contribution in [2.24, 2.45) is 46.3 Å². The highest BCUT2D eigenvalue weighted by atomic mass is 16.3. The second-order valence-corrected chi connectivity index (χ2v) is 10.6. The summed E-state index contributed by atoms with van der Waals surface area (Å²) in [5.74, 6) is 5.23. The number of ketones is 1. The highest BCUT2D eigenvalue weighted by Gasteiger charge is 2.75. The van der Waals surface area contributed by atoms with E-state index in [1.807, 2.05) is 6.92 Å². The molecule has 0 spiro atoms. The van der Waals surface area contributed by atoms with E-state index in [0.29, 0.717) is 17.6 Å². The van der Waals surface area contributed by atoms with Crippen LogP contribution in [0.4, 0.5) is 0 Å². The van der Waals surface area contributed by atoms with E-state index in [1.165, 1.54) is 32.1 Å². The van der Waals surface area contributed by atoms with Crippen LogP contribution >= 0.6 is 0 Å². The van der Waals surface area contributed by atoms with Crippen LogP contribution in [-0.4, -0.2) is 16.5 Å². The highest BCUT2D eigenvalue weighted by molar-refractivity contribution is 5.96. The summed E-state index contributed by atoms with van der Waals surface area (Å²) in [5.41, 5.74) is -0.358. The minimum atomic E-state index is -0.421. The van der Waals surface area contributed by atoms with Crippen LogP contribution in [0.1, 0.15) is 72.1 Å². The molecule has 9 atom stereocenters. The van der Waals surface area contributed by atoms with Crippen molar-refractivity contribution in [2.75, 3.05) is 0 Å². The first-order valence-electron chi connectivity index (χ1n) is 10.0. The third-order valence-corrected chi connectivity index (χ3v) is 9.26. The number of hydrogen-bond acceptors (Lipinski definition) is 2. The Kier molecular flexibility index (Phi) is 2.75. The van der Waals surface area contributed by atoms with E-state index in [0.717, 1.165) is 42.9 Å². The van der Waals surface area contributed by atoms with Gasteiger partial charge in [0, 0.05) is 10.8 Å². The second kappa shape index (κ2) is 4.23. The van der Waals surface area contributed by atoms with Gasteiger partial charge in [-0.05, 0) is 93.8 Å². The Balaban J connectivity index is 1.45. The molecule has 5 saturated carbocycles. The fourth-order valence-electron chi connectivity index (χ4n) is 8.17. The van der Waals surface area contributed by atoms with Crippen LogP contribution in [-0.2, 0) is 4.79 Å². The first-order valence-corrected chi connectivity index (χ1v) is 10.0. The summed E-state index contributed by atoms with van der Waals surface area (Å²) < 4.78 is 0. The Morgan fingerprint density at radius 3 is 2.39 bits per heavy atom. The van der Waals surface area contributed by atoms with Crippen LogP contribution < -0.4 is 0 Å². The van der Waals surface area contributed by atoms with Crippen LogP contribution in [0.25, 0.3) is 0 Å². The van der Waals surface area contributed by atoms with E-state index in [9.17, 15) is 9.90 Å². The van der Waals surface area contributed by atoms with E-state index in [2.05, 4.69) is 13.8 Å². The fourth-order valence-corrected chi connectivity index (χ4v) is 8.17. The monoisotopic (exact) mass is 316 g/mol. The average molecular weight is 316 g/mol. The lowest BCUT2D eigenvalue weighted by Crippen LogP contribution is -2.51. The summed E-state index contributed by atoms with van der Waals surface area (Å²) in [7, 11) is 0. The van der Waals surface area contributed by atoms with Crippen LogP contribution in [0.15, 0.2) is 0 Å². The van der Waals surface area contributed by atoms with Gasteiger partial charge in [-0.15, -0.1) is 0 Å². The topological polar surface area (TPSA) is 37.3 Å². The number of carbonyl (C=O) groups is 1. The van der Waals surface area contributed by atoms with E-state index >= 15 is 0 Å². The summed E-state index contributed by atoms with van der Waals surface area (Å²) in [4.78, 5) is 13.0. The molecule has 0 aromatic carbocycles. The quantitative estimate of drug-likeness (QED) is 0.727. The predicted molar refractivity (Wildman–Crippen MR) is 89.7 cm³/mol. The van der Waals surface area contributed by atoms with Gasteiger partial charge in [0.15, 0.2) is 0 Å². The fraction of sp³-hybridized carbons (Fsp3) is 0.952. The molecule has 1 N–H and O–H groups in total. The molecule has 5 rings (SSSR count). The summed E-state index contributed by atoms with van der Waals surface area (Å²) in [5, 5.41) is 10.5. The summed E-state index contributed by atoms with van der Waals surface area (Å²) in [6, 6.07) is 0. The van der Waals surface area contributed by atoms with Gasteiger partial charge in [-0.3, -0.25) is 4.79 Å². The maximum Gasteiger partial charge on any atom is 0.145 e. The van der Waals surface area contributed by atoms with Gasteiger partial charge < -0.3 is 5.11 Å². The highest BCUT2D eigenvalue weighted by Crippen LogP contribution is 2.75. The molecule has 0 saturated heterocycles. The molecule has 1 unspecified atom stereocenters. The van der Waals surface area contributed by atoms with Gasteiger partial charge in [0.2, 0.25) is 0 Å². The minimum Gasteiger partial charge on any atom is -0.390 e. The van der Waals surface area contributed by atoms with Gasteiger partial charge in [-0.25, -0.2) is 0 Å². The largest absolute Gasteiger partial charge is 0.390 e. The Hall–Kier alpha value is -0.370. The van der Waals surface area contributed by atoms with Crippen LogP contribution in [0.5, 0.6) is 0 Å². The lowest BCUT2D eigenvalue weighted by Gasteiger charge is -2.56. The summed E-state index contributed by atoms with van der Waals surface area (Å²) in [6.07, 6.45) is 9.44. The van der Waals surface area contributed by atoms with Gasteiger partial charge in [0.25, 0.3) is 0 Å². The zero-order valence-corrected chi connectivity index (χ0v) is 15.0. The molecule has 0 aliphatic heterocycles. The van der Waals surface area contributed by atoms with Crippen LogP contribution in [0.3, 0.4) is 0 Å². The third kappa shape index (κ3) is 1.77. The molecule has 0 bridgehead atoms. The molecule has 23 heavy (non-hydrogen) atoms. The number of rotatable bonds is 0. The standard InChI is InChI=1S/C21H32O2/c1-19(23)8-6-13-12(10-19)4-5-15-14(13)7-9-20(2)17(15)16-11-21(16,3)18(20)22/h12-17,23H,4-11H2,1-3H3/t12-,13+,14-,15-,16+,17-,19-,20+,21?/m1/s1. The minimum absolute atomic E-state index is 0.00578. The molecule has 0 amide bonds. The SMILES string of the molecule is CC12C[C@H]1[C@H]1[C@@H]3CC[C@@H]4C[C@](C)(O)CC[C@@H]4[C@H]3CC[C@]1(C)C2=O. The zero-order chi connectivity index (χ0) is 16.2. The molecule has 2 heteroatoms. The zero-order valence-electron chi connectivity index (χ0n) is 15.0. The Bertz CT molecular complexity index is 566. The van der Waals surface area contributed by atoms with Crippen molar-refractivity contribution in [1.29, 1.82) is 0 Å². The molecular formula is C21H32O2. The number of carbonyl (C=O) groups excluding carboxylic acids is 1. The van der Waals surface area contributed by atoms with Gasteiger partial charge in [-0.2, -0.15) is 0 Å². The van der Waals surface area contributed by atoms with E-state index < -0.39 is 5.60 Å². The number of fused-ring (bicyclic) bond motifs is 7. The van der Waals surface area contributed by atoms with E-state index in [-0.39, 0.29) is 10.8 Å². The van der Waals surface area contributed by atoms with E-state index in [4.69, 9.17) is 0 Å². The molecule has 0 aromatic rings. The van der Waals surface area contributed by atoms with Crippen molar-refractivity contribution < 1.29 is 9.90 Å². The number of Topliss-reactive ketones (excluding diaryl/α,β-unsaturated/α-hetero) is 1. The molecule has 0 heterocycles. The van der Waals surface area contributed by atoms with Crippen molar-refractivity contribution in [3.8, 4) is 0 Å². The summed E-state index contributed by atoms with van der Waals surface area (Å²) in [6.45, 7) is 6.60. The van der Waals surface area contributed by atoms with Gasteiger partial charge >= 0.3 is 0 Å². The summed E-state index contributed by atoms with van der Waals surface area (Å²) >= 11 is 0. The normalized spacial score (nSPS) is 63.7. The van der Waals surface area contributed by atoms with Crippen LogP contribution in [0.2, 0.25) is 0 Å². The molecule has 0 radical (unpaired) electrons. The lowest BCUT2D eigenvalue weighted by molar-refractivity contribution is -0.141. The van der Waals surface area contributed by atoms with Crippen molar-refractivity contribution in [2.45, 2.75) is 77.7 Å². The maximum atomic E-state index is 13.0. The lowest BCUT2D eigenvalue weighted by atomic mass is 9.49. The second-order valence-electron chi connectivity index (χ2n) is 10.6. The molecule has 5 fully saturated rings. The van der Waals surface area contributed by atoms with Gasteiger partial charge in [0.05, 0.1) is 5.60 Å².